The van der Waals surface area contributed by atoms with Gasteiger partial charge >= 0.3 is 0 Å². The Hall–Kier alpha value is 0.710. The number of allylic oxidation sites excluding steroid dienone is 2. The Bertz CT molecular complexity index is 752. The molecule has 2 heterocycles. The number of fused-ring (bicyclic) bond motifs is 1. The SMILES string of the molecule is II.N#CC1=C(N)[NH+]2C(=C(C#N)C1c1ccccc1)SCC2CI.[I-]. The lowest BCUT2D eigenvalue weighted by Gasteiger charge is -2.28. The summed E-state index contributed by atoms with van der Waals surface area (Å²) in [5.74, 6) is 1.17. The number of hydrogen-bond donors (Lipinski definition) is 2. The summed E-state index contributed by atoms with van der Waals surface area (Å²) in [6, 6.07) is 14.6. The van der Waals surface area contributed by atoms with Crippen LogP contribution in [0.15, 0.2) is 52.3 Å². The van der Waals surface area contributed by atoms with Crippen LogP contribution >= 0.6 is 71.6 Å². The Balaban J connectivity index is 0.00000101. The molecule has 2 aliphatic heterocycles. The van der Waals surface area contributed by atoms with Gasteiger partial charge in [0.05, 0.1) is 16.1 Å². The van der Waals surface area contributed by atoms with Crippen LogP contribution in [0.2, 0.25) is 0 Å². The minimum Gasteiger partial charge on any atom is -1.00 e. The average Bonchev–Trinajstić information content (AvgIpc) is 3.08. The van der Waals surface area contributed by atoms with Gasteiger partial charge in [-0.05, 0) is 5.56 Å². The number of thioether (sulfide) groups is 1. The number of hydrogen-bond acceptors (Lipinski definition) is 4. The van der Waals surface area contributed by atoms with Gasteiger partial charge in [0.1, 0.15) is 29.3 Å². The van der Waals surface area contributed by atoms with E-state index in [1.807, 2.05) is 30.3 Å². The van der Waals surface area contributed by atoms with Gasteiger partial charge in [0.25, 0.3) is 0 Å². The molecule has 0 aromatic heterocycles. The summed E-state index contributed by atoms with van der Waals surface area (Å²) in [5.41, 5.74) is 8.48. The van der Waals surface area contributed by atoms with Crippen molar-refractivity contribution >= 4 is 71.6 Å². The summed E-state index contributed by atoms with van der Waals surface area (Å²) in [7, 11) is 0. The predicted octanol–water partition coefficient (Wildman–Crippen LogP) is 0.424. The highest BCUT2D eigenvalue weighted by atomic mass is 128. The number of nitriles is 2. The van der Waals surface area contributed by atoms with Crippen LogP contribution in [0.1, 0.15) is 11.5 Å². The molecular weight excluding hydrogens is 788 g/mol. The zero-order valence-electron chi connectivity index (χ0n) is 12.8. The lowest BCUT2D eigenvalue weighted by molar-refractivity contribution is -0.831. The normalized spacial score (nSPS) is 24.3. The molecule has 9 heteroatoms. The van der Waals surface area contributed by atoms with Gasteiger partial charge in [-0.1, -0.05) is 64.7 Å². The smallest absolute Gasteiger partial charge is 0.217 e. The largest absolute Gasteiger partial charge is 1.00 e. The van der Waals surface area contributed by atoms with E-state index in [2.05, 4.69) is 72.0 Å². The van der Waals surface area contributed by atoms with Crippen LogP contribution in [-0.4, -0.2) is 16.2 Å². The number of benzene rings is 1. The van der Waals surface area contributed by atoms with Gasteiger partial charge in [0.2, 0.25) is 5.82 Å². The van der Waals surface area contributed by atoms with Crippen molar-refractivity contribution in [2.75, 3.05) is 10.2 Å². The van der Waals surface area contributed by atoms with E-state index in [1.165, 1.54) is 0 Å². The fraction of sp³-hybridized carbons (Fsp3) is 0.250. The molecule has 4 nitrogen and oxygen atoms in total. The topological polar surface area (TPSA) is 78.0 Å². The monoisotopic (exact) mass is 802 g/mol. The number of nitrogens with zero attached hydrogens (tertiary/aromatic N) is 2. The molecule has 3 N–H and O–H groups in total. The second kappa shape index (κ2) is 11.5. The minimum absolute atomic E-state index is 0. The number of nitrogens with two attached hydrogens (primary N) is 1. The molecule has 0 saturated carbocycles. The average molecular weight is 802 g/mol. The predicted molar refractivity (Wildman–Crippen MR) is 123 cm³/mol. The van der Waals surface area contributed by atoms with Crippen LogP contribution in [0.3, 0.4) is 0 Å². The van der Waals surface area contributed by atoms with E-state index < -0.39 is 0 Å². The van der Waals surface area contributed by atoms with Gasteiger partial charge in [-0.3, -0.25) is 0 Å². The first-order chi connectivity index (χ1) is 11.7. The molecule has 0 spiro atoms. The number of nitrogens with one attached hydrogen (secondary N) is 1. The van der Waals surface area contributed by atoms with Crippen LogP contribution in [-0.2, 0) is 0 Å². The first-order valence-electron chi connectivity index (χ1n) is 7.02. The van der Waals surface area contributed by atoms with Gasteiger partial charge in [-0.2, -0.15) is 10.5 Å². The molecule has 0 bridgehead atoms. The summed E-state index contributed by atoms with van der Waals surface area (Å²) in [6.45, 7) is 0. The van der Waals surface area contributed by atoms with Crippen molar-refractivity contribution in [2.24, 2.45) is 5.73 Å². The molecule has 2 aliphatic rings. The first-order valence-corrected chi connectivity index (χ1v) is 15.8. The molecule has 3 rings (SSSR count). The molecule has 3 atom stereocenters. The zero-order valence-corrected chi connectivity index (χ0v) is 22.3. The third-order valence-corrected chi connectivity index (χ3v) is 6.40. The van der Waals surface area contributed by atoms with Crippen LogP contribution in [0, 0.1) is 22.7 Å². The quantitative estimate of drug-likeness (QED) is 0.337. The van der Waals surface area contributed by atoms with Crippen molar-refractivity contribution in [3.63, 3.8) is 0 Å². The fourth-order valence-electron chi connectivity index (χ4n) is 3.01. The third kappa shape index (κ3) is 4.77. The Kier molecular flexibility index (Phi) is 11.0. The maximum atomic E-state index is 9.72. The molecule has 25 heavy (non-hydrogen) atoms. The first kappa shape index (κ1) is 23.7. The van der Waals surface area contributed by atoms with Crippen LogP contribution in [0.5, 0.6) is 0 Å². The number of rotatable bonds is 2. The van der Waals surface area contributed by atoms with Crippen LogP contribution < -0.4 is 34.6 Å². The molecule has 0 amide bonds. The Morgan fingerprint density at radius 2 is 1.76 bits per heavy atom. The van der Waals surface area contributed by atoms with Gasteiger partial charge in [-0.15, -0.1) is 0 Å². The fourth-order valence-corrected chi connectivity index (χ4v) is 5.59. The Morgan fingerprint density at radius 1 is 1.16 bits per heavy atom. The summed E-state index contributed by atoms with van der Waals surface area (Å²) in [5, 5.41) is 20.4. The highest BCUT2D eigenvalue weighted by Crippen LogP contribution is 2.39. The Morgan fingerprint density at radius 3 is 2.28 bits per heavy atom. The third-order valence-electron chi connectivity index (χ3n) is 4.04. The van der Waals surface area contributed by atoms with E-state index in [0.717, 1.165) is 25.7 Å². The van der Waals surface area contributed by atoms with Gasteiger partial charge < -0.3 is 29.7 Å². The lowest BCUT2D eigenvalue weighted by Crippen LogP contribution is -3.13. The van der Waals surface area contributed by atoms with Gasteiger partial charge in [-0.25, -0.2) is 4.90 Å². The molecule has 0 aliphatic carbocycles. The van der Waals surface area contributed by atoms with Crippen molar-refractivity contribution < 1.29 is 28.9 Å². The number of halogens is 4. The second-order valence-electron chi connectivity index (χ2n) is 5.21. The number of alkyl halides is 1. The van der Waals surface area contributed by atoms with Crippen LogP contribution in [0.25, 0.3) is 0 Å². The van der Waals surface area contributed by atoms with E-state index in [-0.39, 0.29) is 29.9 Å². The summed E-state index contributed by atoms with van der Waals surface area (Å²) >= 11 is 8.28. The van der Waals surface area contributed by atoms with E-state index >= 15 is 0 Å². The van der Waals surface area contributed by atoms with Gasteiger partial charge in [0.15, 0.2) is 5.03 Å². The van der Waals surface area contributed by atoms with Crippen molar-refractivity contribution in [1.29, 1.82) is 10.5 Å². The van der Waals surface area contributed by atoms with E-state index in [4.69, 9.17) is 5.73 Å². The molecule has 1 fully saturated rings. The van der Waals surface area contributed by atoms with Crippen LogP contribution in [0.4, 0.5) is 0 Å². The molecular formula is C16H14I4N4S. The maximum Gasteiger partial charge on any atom is 0.217 e. The second-order valence-corrected chi connectivity index (χ2v) is 7.12. The minimum atomic E-state index is -0.338. The molecule has 3 unspecified atom stereocenters. The summed E-state index contributed by atoms with van der Waals surface area (Å²) in [4.78, 5) is 1.01. The zero-order chi connectivity index (χ0) is 17.7. The van der Waals surface area contributed by atoms with Crippen molar-refractivity contribution in [1.82, 2.24) is 0 Å². The number of quaternary nitrogens is 1. The molecule has 1 saturated heterocycles. The maximum absolute atomic E-state index is 9.72. The molecule has 1 aromatic carbocycles. The summed E-state index contributed by atoms with van der Waals surface area (Å²) in [6.07, 6.45) is 0. The molecule has 0 radical (unpaired) electrons. The molecule has 132 valence electrons. The Labute approximate surface area is 206 Å². The highest BCUT2D eigenvalue weighted by molar-refractivity contribution is 15.0. The van der Waals surface area contributed by atoms with Crippen molar-refractivity contribution in [3.05, 3.63) is 57.9 Å². The van der Waals surface area contributed by atoms with E-state index in [0.29, 0.717) is 23.0 Å². The summed E-state index contributed by atoms with van der Waals surface area (Å²) < 4.78 is 0.942. The van der Waals surface area contributed by atoms with Gasteiger partial charge in [0, 0.05) is 37.2 Å². The standard InChI is InChI=1S/C16H13IN4S.I2.HI/c17-6-11-9-22-16-13(8-19)14(10-4-2-1-3-5-10)12(7-18)15(20)21(11)16;1-2;/h1-5,11,14H,6,9,20H2;;1H. The highest BCUT2D eigenvalue weighted by Gasteiger charge is 2.46. The van der Waals surface area contributed by atoms with Crippen molar-refractivity contribution in [2.45, 2.75) is 12.0 Å². The molecule has 1 aromatic rings. The van der Waals surface area contributed by atoms with E-state index in [1.54, 1.807) is 11.8 Å². The van der Waals surface area contributed by atoms with E-state index in [9.17, 15) is 10.5 Å². The lowest BCUT2D eigenvalue weighted by atomic mass is 9.83. The van der Waals surface area contributed by atoms with Crippen molar-refractivity contribution in [3.8, 4) is 12.1 Å².